The fourth-order valence-corrected chi connectivity index (χ4v) is 1.67. The van der Waals surface area contributed by atoms with Gasteiger partial charge in [0.15, 0.2) is 5.13 Å². The molecular formula is C6H6ClN3O2S. The molecular weight excluding hydrogens is 214 g/mol. The van der Waals surface area contributed by atoms with Crippen LogP contribution in [0.15, 0.2) is 5.16 Å². The second-order valence-electron chi connectivity index (χ2n) is 2.10. The first-order valence-electron chi connectivity index (χ1n) is 3.25. The largest absolute Gasteiger partial charge is 0.411 e. The van der Waals surface area contributed by atoms with Gasteiger partial charge in [-0.1, -0.05) is 28.1 Å². The highest BCUT2D eigenvalue weighted by Crippen LogP contribution is 2.26. The van der Waals surface area contributed by atoms with Crippen molar-refractivity contribution in [2.24, 2.45) is 5.16 Å². The highest BCUT2D eigenvalue weighted by Gasteiger charge is 2.07. The summed E-state index contributed by atoms with van der Waals surface area (Å²) in [5, 5.41) is 13.9. The van der Waals surface area contributed by atoms with Crippen LogP contribution < -0.4 is 5.32 Å². The summed E-state index contributed by atoms with van der Waals surface area (Å²) in [5.41, 5.74) is 0.331. The average molecular weight is 220 g/mol. The molecule has 0 aliphatic heterocycles. The van der Waals surface area contributed by atoms with E-state index in [-0.39, 0.29) is 5.91 Å². The van der Waals surface area contributed by atoms with Crippen LogP contribution in [0.5, 0.6) is 0 Å². The number of anilines is 1. The van der Waals surface area contributed by atoms with Crippen molar-refractivity contribution in [2.45, 2.75) is 6.92 Å². The van der Waals surface area contributed by atoms with Crippen LogP contribution in [-0.4, -0.2) is 22.3 Å². The zero-order chi connectivity index (χ0) is 9.84. The van der Waals surface area contributed by atoms with E-state index in [0.29, 0.717) is 15.2 Å². The van der Waals surface area contributed by atoms with Crippen LogP contribution in [0.1, 0.15) is 12.6 Å². The number of carbonyl (C=O) groups excluding carboxylic acids is 1. The molecule has 0 unspecified atom stereocenters. The highest BCUT2D eigenvalue weighted by molar-refractivity contribution is 7.19. The summed E-state index contributed by atoms with van der Waals surface area (Å²) >= 11 is 6.81. The van der Waals surface area contributed by atoms with Crippen LogP contribution in [0.25, 0.3) is 0 Å². The van der Waals surface area contributed by atoms with Gasteiger partial charge < -0.3 is 10.5 Å². The minimum atomic E-state index is -0.224. The van der Waals surface area contributed by atoms with E-state index in [0.717, 1.165) is 17.6 Å². The smallest absolute Gasteiger partial charge is 0.223 e. The van der Waals surface area contributed by atoms with Crippen molar-refractivity contribution >= 4 is 40.2 Å². The summed E-state index contributed by atoms with van der Waals surface area (Å²) in [5.74, 6) is -0.224. The second kappa shape index (κ2) is 4.20. The SMILES string of the molecule is CC(=O)Nc1nc(C=NO)c(Cl)s1. The Morgan fingerprint density at radius 1 is 1.85 bits per heavy atom. The number of hydrogen-bond acceptors (Lipinski definition) is 5. The molecule has 1 aromatic rings. The van der Waals surface area contributed by atoms with Crippen molar-refractivity contribution in [3.63, 3.8) is 0 Å². The zero-order valence-electron chi connectivity index (χ0n) is 6.61. The predicted molar refractivity (Wildman–Crippen MR) is 50.8 cm³/mol. The fraction of sp³-hybridized carbons (Fsp3) is 0.167. The molecule has 70 valence electrons. The molecule has 0 aliphatic rings. The Bertz CT molecular complexity index is 350. The van der Waals surface area contributed by atoms with Crippen molar-refractivity contribution in [2.75, 3.05) is 5.32 Å². The number of hydrogen-bond donors (Lipinski definition) is 2. The summed E-state index contributed by atoms with van der Waals surface area (Å²) in [6.07, 6.45) is 1.10. The van der Waals surface area contributed by atoms with Crippen LogP contribution in [0.3, 0.4) is 0 Å². The van der Waals surface area contributed by atoms with E-state index in [1.165, 1.54) is 6.92 Å². The molecule has 1 rings (SSSR count). The highest BCUT2D eigenvalue weighted by atomic mass is 35.5. The Labute approximate surface area is 83.0 Å². The molecule has 0 saturated carbocycles. The Morgan fingerprint density at radius 2 is 2.54 bits per heavy atom. The van der Waals surface area contributed by atoms with Crippen LogP contribution in [0.2, 0.25) is 4.34 Å². The van der Waals surface area contributed by atoms with Gasteiger partial charge in [-0.15, -0.1) is 0 Å². The molecule has 0 aromatic carbocycles. The molecule has 13 heavy (non-hydrogen) atoms. The molecule has 1 aromatic heterocycles. The van der Waals surface area contributed by atoms with E-state index in [1.54, 1.807) is 0 Å². The topological polar surface area (TPSA) is 74.6 Å². The number of oxime groups is 1. The van der Waals surface area contributed by atoms with Gasteiger partial charge in [0.2, 0.25) is 5.91 Å². The van der Waals surface area contributed by atoms with E-state index in [9.17, 15) is 4.79 Å². The van der Waals surface area contributed by atoms with E-state index >= 15 is 0 Å². The first-order valence-corrected chi connectivity index (χ1v) is 4.44. The number of aromatic nitrogens is 1. The maximum absolute atomic E-state index is 10.6. The lowest BCUT2D eigenvalue weighted by Crippen LogP contribution is -2.05. The predicted octanol–water partition coefficient (Wildman–Crippen LogP) is 1.56. The Morgan fingerprint density at radius 3 is 3.08 bits per heavy atom. The van der Waals surface area contributed by atoms with E-state index in [1.807, 2.05) is 0 Å². The normalized spacial score (nSPS) is 10.6. The maximum Gasteiger partial charge on any atom is 0.223 e. The average Bonchev–Trinajstić information content (AvgIpc) is 2.31. The minimum absolute atomic E-state index is 0.224. The molecule has 7 heteroatoms. The van der Waals surface area contributed by atoms with Crippen molar-refractivity contribution in [3.05, 3.63) is 10.0 Å². The fourth-order valence-electron chi connectivity index (χ4n) is 0.652. The van der Waals surface area contributed by atoms with Gasteiger partial charge in [0.25, 0.3) is 0 Å². The molecule has 5 nitrogen and oxygen atoms in total. The van der Waals surface area contributed by atoms with Gasteiger partial charge in [0, 0.05) is 6.92 Å². The number of nitrogens with one attached hydrogen (secondary N) is 1. The van der Waals surface area contributed by atoms with Gasteiger partial charge in [0.1, 0.15) is 10.0 Å². The molecule has 0 aliphatic carbocycles. The van der Waals surface area contributed by atoms with Crippen molar-refractivity contribution in [1.29, 1.82) is 0 Å². The number of rotatable bonds is 2. The molecule has 0 radical (unpaired) electrons. The minimum Gasteiger partial charge on any atom is -0.411 e. The monoisotopic (exact) mass is 219 g/mol. The van der Waals surface area contributed by atoms with Crippen molar-refractivity contribution in [3.8, 4) is 0 Å². The van der Waals surface area contributed by atoms with Crippen molar-refractivity contribution in [1.82, 2.24) is 4.98 Å². The van der Waals surface area contributed by atoms with Gasteiger partial charge in [-0.25, -0.2) is 4.98 Å². The lowest BCUT2D eigenvalue weighted by Gasteiger charge is -1.91. The lowest BCUT2D eigenvalue weighted by molar-refractivity contribution is -0.114. The Hall–Kier alpha value is -1.14. The number of halogens is 1. The quantitative estimate of drug-likeness (QED) is 0.450. The molecule has 2 N–H and O–H groups in total. The Balaban J connectivity index is 2.88. The first-order chi connectivity index (χ1) is 6.13. The zero-order valence-corrected chi connectivity index (χ0v) is 8.19. The molecule has 1 heterocycles. The van der Waals surface area contributed by atoms with Crippen LogP contribution in [0.4, 0.5) is 5.13 Å². The van der Waals surface area contributed by atoms with E-state index in [2.05, 4.69) is 15.5 Å². The second-order valence-corrected chi connectivity index (χ2v) is 3.70. The van der Waals surface area contributed by atoms with E-state index < -0.39 is 0 Å². The third-order valence-corrected chi connectivity index (χ3v) is 2.27. The molecule has 0 fully saturated rings. The first kappa shape index (κ1) is 9.94. The maximum atomic E-state index is 10.6. The van der Waals surface area contributed by atoms with Gasteiger partial charge in [-0.2, -0.15) is 0 Å². The summed E-state index contributed by atoms with van der Waals surface area (Å²) < 4.78 is 0.363. The third kappa shape index (κ3) is 2.67. The summed E-state index contributed by atoms with van der Waals surface area (Å²) in [6.45, 7) is 1.37. The molecule has 1 amide bonds. The van der Waals surface area contributed by atoms with Gasteiger partial charge in [-0.3, -0.25) is 4.79 Å². The van der Waals surface area contributed by atoms with Gasteiger partial charge >= 0.3 is 0 Å². The standard InChI is InChI=1S/C6H6ClN3O2S/c1-3(11)9-6-10-4(2-8-12)5(7)13-6/h2,12H,1H3,(H,9,10,11). The van der Waals surface area contributed by atoms with Crippen molar-refractivity contribution < 1.29 is 10.0 Å². The number of nitrogens with zero attached hydrogens (tertiary/aromatic N) is 2. The number of thiazole rings is 1. The molecule has 0 bridgehead atoms. The molecule has 0 saturated heterocycles. The molecule has 0 spiro atoms. The summed E-state index contributed by atoms with van der Waals surface area (Å²) in [4.78, 5) is 14.5. The van der Waals surface area contributed by atoms with Gasteiger partial charge in [-0.05, 0) is 0 Å². The van der Waals surface area contributed by atoms with Crippen LogP contribution in [-0.2, 0) is 4.79 Å². The summed E-state index contributed by atoms with van der Waals surface area (Å²) in [6, 6.07) is 0. The summed E-state index contributed by atoms with van der Waals surface area (Å²) in [7, 11) is 0. The molecule has 0 atom stereocenters. The van der Waals surface area contributed by atoms with E-state index in [4.69, 9.17) is 16.8 Å². The number of carbonyl (C=O) groups is 1. The van der Waals surface area contributed by atoms with Crippen LogP contribution >= 0.6 is 22.9 Å². The Kier molecular flexibility index (Phi) is 3.21. The van der Waals surface area contributed by atoms with Crippen LogP contribution in [0, 0.1) is 0 Å². The lowest BCUT2D eigenvalue weighted by atomic mass is 10.5. The number of amides is 1. The van der Waals surface area contributed by atoms with Gasteiger partial charge in [0.05, 0.1) is 6.21 Å². The third-order valence-electron chi connectivity index (χ3n) is 1.07.